The summed E-state index contributed by atoms with van der Waals surface area (Å²) in [5, 5.41) is 0. The Balaban J connectivity index is 2.00. The lowest BCUT2D eigenvalue weighted by Gasteiger charge is -2.03. The molecule has 0 spiro atoms. The average molecular weight is 264 g/mol. The van der Waals surface area contributed by atoms with Gasteiger partial charge in [-0.1, -0.05) is 30.3 Å². The van der Waals surface area contributed by atoms with Crippen molar-refractivity contribution in [2.75, 3.05) is 7.11 Å². The number of imidazole rings is 1. The van der Waals surface area contributed by atoms with Crippen molar-refractivity contribution < 1.29 is 4.74 Å². The largest absolute Gasteiger partial charge is 0.496 e. The topological polar surface area (TPSA) is 27.1 Å². The van der Waals surface area contributed by atoms with Crippen molar-refractivity contribution >= 4 is 23.2 Å². The monoisotopic (exact) mass is 264 g/mol. The minimum atomic E-state index is 0.863. The van der Waals surface area contributed by atoms with Crippen molar-refractivity contribution in [2.24, 2.45) is 7.05 Å². The Morgan fingerprint density at radius 1 is 1.00 bits per heavy atom. The second-order valence-corrected chi connectivity index (χ2v) is 4.59. The van der Waals surface area contributed by atoms with Gasteiger partial charge in [0.2, 0.25) is 0 Å². The molecule has 0 aliphatic rings. The van der Waals surface area contributed by atoms with E-state index >= 15 is 0 Å². The first-order valence-corrected chi connectivity index (χ1v) is 6.52. The number of aromatic nitrogens is 2. The third-order valence-corrected chi connectivity index (χ3v) is 3.37. The molecule has 0 fully saturated rings. The molecule has 0 aliphatic heterocycles. The molecule has 1 heterocycles. The molecule has 3 aromatic rings. The van der Waals surface area contributed by atoms with Crippen molar-refractivity contribution in [3.8, 4) is 5.75 Å². The molecule has 0 atom stereocenters. The Kier molecular flexibility index (Phi) is 3.25. The highest BCUT2D eigenvalue weighted by Crippen LogP contribution is 2.21. The van der Waals surface area contributed by atoms with Crippen LogP contribution in [0.2, 0.25) is 0 Å². The summed E-state index contributed by atoms with van der Waals surface area (Å²) >= 11 is 0. The van der Waals surface area contributed by atoms with Crippen LogP contribution in [0.4, 0.5) is 0 Å². The molecular weight excluding hydrogens is 248 g/mol. The molecule has 3 rings (SSSR count). The fraction of sp³-hybridized carbons (Fsp3) is 0.118. The quantitative estimate of drug-likeness (QED) is 0.720. The maximum atomic E-state index is 5.34. The molecule has 0 saturated heterocycles. The number of para-hydroxylation sites is 3. The molecule has 0 saturated carbocycles. The van der Waals surface area contributed by atoms with Crippen molar-refractivity contribution in [2.45, 2.75) is 0 Å². The first-order valence-electron chi connectivity index (χ1n) is 6.52. The van der Waals surface area contributed by atoms with Gasteiger partial charge in [-0.3, -0.25) is 0 Å². The van der Waals surface area contributed by atoms with Gasteiger partial charge in [-0.25, -0.2) is 4.98 Å². The van der Waals surface area contributed by atoms with Crippen LogP contribution in [0, 0.1) is 0 Å². The molecule has 0 unspecified atom stereocenters. The molecule has 2 aromatic carbocycles. The highest BCUT2D eigenvalue weighted by Gasteiger charge is 2.04. The number of benzene rings is 2. The Morgan fingerprint density at radius 3 is 2.55 bits per heavy atom. The van der Waals surface area contributed by atoms with E-state index in [1.165, 1.54) is 0 Å². The summed E-state index contributed by atoms with van der Waals surface area (Å²) in [5.74, 6) is 1.79. The second-order valence-electron chi connectivity index (χ2n) is 4.59. The molecule has 20 heavy (non-hydrogen) atoms. The van der Waals surface area contributed by atoms with E-state index in [4.69, 9.17) is 4.74 Å². The van der Waals surface area contributed by atoms with E-state index in [1.54, 1.807) is 7.11 Å². The number of nitrogens with zero attached hydrogens (tertiary/aromatic N) is 2. The van der Waals surface area contributed by atoms with Crippen LogP contribution in [0.5, 0.6) is 5.75 Å². The Labute approximate surface area is 118 Å². The predicted octanol–water partition coefficient (Wildman–Crippen LogP) is 3.75. The van der Waals surface area contributed by atoms with Gasteiger partial charge in [0.15, 0.2) is 0 Å². The average Bonchev–Trinajstić information content (AvgIpc) is 2.82. The first kappa shape index (κ1) is 12.5. The first-order chi connectivity index (χ1) is 9.79. The van der Waals surface area contributed by atoms with Gasteiger partial charge in [0, 0.05) is 12.6 Å². The molecule has 0 bridgehead atoms. The fourth-order valence-electron chi connectivity index (χ4n) is 2.28. The van der Waals surface area contributed by atoms with E-state index in [2.05, 4.69) is 15.6 Å². The summed E-state index contributed by atoms with van der Waals surface area (Å²) in [6, 6.07) is 16.1. The number of methoxy groups -OCH3 is 1. The van der Waals surface area contributed by atoms with Gasteiger partial charge < -0.3 is 9.30 Å². The van der Waals surface area contributed by atoms with Crippen LogP contribution in [-0.2, 0) is 7.05 Å². The van der Waals surface area contributed by atoms with Gasteiger partial charge in [0.1, 0.15) is 11.6 Å². The van der Waals surface area contributed by atoms with Crippen LogP contribution >= 0.6 is 0 Å². The van der Waals surface area contributed by atoms with Gasteiger partial charge in [-0.2, -0.15) is 0 Å². The standard InChI is InChI=1S/C17H16N2O/c1-19-15-9-5-4-8-14(15)18-17(19)12-11-13-7-3-6-10-16(13)20-2/h3-12H,1-2H3. The van der Waals surface area contributed by atoms with Crippen LogP contribution in [-0.4, -0.2) is 16.7 Å². The zero-order valence-corrected chi connectivity index (χ0v) is 11.6. The van der Waals surface area contributed by atoms with E-state index in [-0.39, 0.29) is 0 Å². The summed E-state index contributed by atoms with van der Waals surface area (Å²) in [4.78, 5) is 4.62. The summed E-state index contributed by atoms with van der Waals surface area (Å²) in [5.41, 5.74) is 3.18. The van der Waals surface area contributed by atoms with E-state index in [9.17, 15) is 0 Å². The molecule has 0 radical (unpaired) electrons. The lowest BCUT2D eigenvalue weighted by atomic mass is 10.2. The Morgan fingerprint density at radius 2 is 1.75 bits per heavy atom. The zero-order valence-electron chi connectivity index (χ0n) is 11.6. The van der Waals surface area contributed by atoms with Gasteiger partial charge in [-0.05, 0) is 30.4 Å². The van der Waals surface area contributed by atoms with E-state index in [0.29, 0.717) is 0 Å². The fourth-order valence-corrected chi connectivity index (χ4v) is 2.28. The number of hydrogen-bond acceptors (Lipinski definition) is 2. The zero-order chi connectivity index (χ0) is 13.9. The summed E-state index contributed by atoms with van der Waals surface area (Å²) < 4.78 is 7.43. The lowest BCUT2D eigenvalue weighted by Crippen LogP contribution is -1.91. The summed E-state index contributed by atoms with van der Waals surface area (Å²) in [7, 11) is 3.71. The van der Waals surface area contributed by atoms with Crippen LogP contribution in [0.25, 0.3) is 23.2 Å². The SMILES string of the molecule is COc1ccccc1C=Cc1nc2ccccc2n1C. The van der Waals surface area contributed by atoms with Crippen molar-refractivity contribution in [1.82, 2.24) is 9.55 Å². The van der Waals surface area contributed by atoms with E-state index in [1.807, 2.05) is 61.7 Å². The number of rotatable bonds is 3. The minimum absolute atomic E-state index is 0.863. The molecule has 0 aliphatic carbocycles. The Bertz CT molecular complexity index is 772. The normalized spacial score (nSPS) is 11.3. The molecule has 3 heteroatoms. The van der Waals surface area contributed by atoms with Gasteiger partial charge in [0.25, 0.3) is 0 Å². The second kappa shape index (κ2) is 5.21. The van der Waals surface area contributed by atoms with Crippen LogP contribution < -0.4 is 4.74 Å². The minimum Gasteiger partial charge on any atom is -0.496 e. The smallest absolute Gasteiger partial charge is 0.133 e. The number of hydrogen-bond donors (Lipinski definition) is 0. The number of fused-ring (bicyclic) bond motifs is 1. The van der Waals surface area contributed by atoms with E-state index < -0.39 is 0 Å². The van der Waals surface area contributed by atoms with Crippen LogP contribution in [0.15, 0.2) is 48.5 Å². The molecular formula is C17H16N2O. The Hall–Kier alpha value is -2.55. The van der Waals surface area contributed by atoms with Crippen molar-refractivity contribution in [1.29, 1.82) is 0 Å². The van der Waals surface area contributed by atoms with Crippen molar-refractivity contribution in [3.05, 3.63) is 59.9 Å². The summed E-state index contributed by atoms with van der Waals surface area (Å²) in [6.45, 7) is 0. The maximum absolute atomic E-state index is 5.34. The molecule has 1 aromatic heterocycles. The van der Waals surface area contributed by atoms with E-state index in [0.717, 1.165) is 28.2 Å². The summed E-state index contributed by atoms with van der Waals surface area (Å²) in [6.07, 6.45) is 4.04. The third-order valence-electron chi connectivity index (χ3n) is 3.37. The maximum Gasteiger partial charge on any atom is 0.133 e. The number of aryl methyl sites for hydroxylation is 1. The van der Waals surface area contributed by atoms with Gasteiger partial charge in [0.05, 0.1) is 18.1 Å². The van der Waals surface area contributed by atoms with Crippen LogP contribution in [0.1, 0.15) is 11.4 Å². The molecule has 3 nitrogen and oxygen atoms in total. The molecule has 0 amide bonds. The van der Waals surface area contributed by atoms with Crippen LogP contribution in [0.3, 0.4) is 0 Å². The van der Waals surface area contributed by atoms with Gasteiger partial charge in [-0.15, -0.1) is 0 Å². The third kappa shape index (κ3) is 2.18. The molecule has 0 N–H and O–H groups in total. The molecule has 100 valence electrons. The highest BCUT2D eigenvalue weighted by molar-refractivity contribution is 5.80. The van der Waals surface area contributed by atoms with Gasteiger partial charge >= 0.3 is 0 Å². The highest BCUT2D eigenvalue weighted by atomic mass is 16.5. The number of ether oxygens (including phenoxy) is 1. The lowest BCUT2D eigenvalue weighted by molar-refractivity contribution is 0.414. The van der Waals surface area contributed by atoms with Crippen molar-refractivity contribution in [3.63, 3.8) is 0 Å². The predicted molar refractivity (Wildman–Crippen MR) is 82.6 cm³/mol.